The van der Waals surface area contributed by atoms with Crippen molar-refractivity contribution in [2.24, 2.45) is 5.92 Å². The van der Waals surface area contributed by atoms with E-state index in [-0.39, 0.29) is 12.1 Å². The van der Waals surface area contributed by atoms with Gasteiger partial charge < -0.3 is 15.4 Å². The summed E-state index contributed by atoms with van der Waals surface area (Å²) in [6, 6.07) is 1.88. The number of rotatable bonds is 6. The molecule has 0 aromatic carbocycles. The highest BCUT2D eigenvalue weighted by Crippen LogP contribution is 2.26. The summed E-state index contributed by atoms with van der Waals surface area (Å²) >= 11 is 0. The number of urea groups is 1. The second-order valence-corrected chi connectivity index (χ2v) is 7.37. The number of ether oxygens (including phenoxy) is 1. The standard InChI is InChI=1S/C19H29N5O2/c1-13(2)24-18-15(11-22-24)10-16(12-21-18)23-19(25)20-8-9-26-17-7-5-4-6-14(17)3/h10-14,17H,4-9H2,1-3H3,(H2,20,23,25). The first kappa shape index (κ1) is 18.6. The van der Waals surface area contributed by atoms with E-state index in [2.05, 4.69) is 41.5 Å². The number of amides is 2. The monoisotopic (exact) mass is 359 g/mol. The van der Waals surface area contributed by atoms with E-state index < -0.39 is 0 Å². The average molecular weight is 359 g/mol. The van der Waals surface area contributed by atoms with Crippen LogP contribution in [0.5, 0.6) is 0 Å². The number of nitrogens with zero attached hydrogens (tertiary/aromatic N) is 3. The lowest BCUT2D eigenvalue weighted by molar-refractivity contribution is -0.00232. The number of anilines is 1. The van der Waals surface area contributed by atoms with E-state index in [0.29, 0.717) is 30.9 Å². The van der Waals surface area contributed by atoms with Crippen LogP contribution in [0.25, 0.3) is 11.0 Å². The summed E-state index contributed by atoms with van der Waals surface area (Å²) in [5, 5.41) is 10.9. The number of carbonyl (C=O) groups is 1. The highest BCUT2D eigenvalue weighted by atomic mass is 16.5. The Morgan fingerprint density at radius 1 is 1.35 bits per heavy atom. The molecule has 2 aromatic heterocycles. The molecule has 2 heterocycles. The smallest absolute Gasteiger partial charge is 0.319 e. The largest absolute Gasteiger partial charge is 0.376 e. The lowest BCUT2D eigenvalue weighted by atomic mass is 9.88. The number of pyridine rings is 1. The Bertz CT molecular complexity index is 743. The molecule has 0 radical (unpaired) electrons. The molecular weight excluding hydrogens is 330 g/mol. The third kappa shape index (κ3) is 4.52. The van der Waals surface area contributed by atoms with Gasteiger partial charge in [-0.05, 0) is 38.7 Å². The first-order valence-corrected chi connectivity index (χ1v) is 9.54. The van der Waals surface area contributed by atoms with Crippen LogP contribution in [-0.2, 0) is 4.74 Å². The maximum Gasteiger partial charge on any atom is 0.319 e. The average Bonchev–Trinajstić information content (AvgIpc) is 3.03. The molecule has 2 atom stereocenters. The molecule has 0 aliphatic heterocycles. The Balaban J connectivity index is 1.45. The second kappa shape index (κ2) is 8.49. The Morgan fingerprint density at radius 3 is 2.92 bits per heavy atom. The van der Waals surface area contributed by atoms with Crippen LogP contribution in [0, 0.1) is 5.92 Å². The van der Waals surface area contributed by atoms with E-state index >= 15 is 0 Å². The van der Waals surface area contributed by atoms with Crippen molar-refractivity contribution in [1.82, 2.24) is 20.1 Å². The predicted octanol–water partition coefficient (Wildman–Crippen LogP) is 3.73. The van der Waals surface area contributed by atoms with Gasteiger partial charge in [0.05, 0.1) is 30.8 Å². The summed E-state index contributed by atoms with van der Waals surface area (Å²) in [5.41, 5.74) is 1.47. The number of hydrogen-bond acceptors (Lipinski definition) is 4. The molecule has 1 aliphatic rings. The molecule has 1 aliphatic carbocycles. The zero-order chi connectivity index (χ0) is 18.5. The van der Waals surface area contributed by atoms with Gasteiger partial charge in [0.25, 0.3) is 0 Å². The first-order chi connectivity index (χ1) is 12.5. The van der Waals surface area contributed by atoms with Gasteiger partial charge in [0.15, 0.2) is 5.65 Å². The molecule has 2 amide bonds. The Hall–Kier alpha value is -2.15. The van der Waals surface area contributed by atoms with Gasteiger partial charge in [-0.15, -0.1) is 0 Å². The van der Waals surface area contributed by atoms with E-state index in [1.54, 1.807) is 12.4 Å². The molecule has 2 aromatic rings. The zero-order valence-corrected chi connectivity index (χ0v) is 15.9. The Kier molecular flexibility index (Phi) is 6.08. The lowest BCUT2D eigenvalue weighted by Crippen LogP contribution is -2.34. The van der Waals surface area contributed by atoms with Crippen LogP contribution in [0.3, 0.4) is 0 Å². The van der Waals surface area contributed by atoms with Crippen LogP contribution in [0.4, 0.5) is 10.5 Å². The molecule has 2 unspecified atom stereocenters. The lowest BCUT2D eigenvalue weighted by Gasteiger charge is -2.28. The summed E-state index contributed by atoms with van der Waals surface area (Å²) < 4.78 is 7.78. The molecule has 26 heavy (non-hydrogen) atoms. The summed E-state index contributed by atoms with van der Waals surface area (Å²) in [6.07, 6.45) is 8.66. The minimum Gasteiger partial charge on any atom is -0.376 e. The third-order valence-corrected chi connectivity index (χ3v) is 4.93. The molecule has 7 heteroatoms. The van der Waals surface area contributed by atoms with Crippen LogP contribution in [0.1, 0.15) is 52.5 Å². The molecule has 3 rings (SSSR count). The zero-order valence-electron chi connectivity index (χ0n) is 15.9. The first-order valence-electron chi connectivity index (χ1n) is 9.54. The summed E-state index contributed by atoms with van der Waals surface area (Å²) in [5.74, 6) is 0.613. The highest BCUT2D eigenvalue weighted by molar-refractivity contribution is 5.91. The van der Waals surface area contributed by atoms with Crippen molar-refractivity contribution in [3.05, 3.63) is 18.5 Å². The summed E-state index contributed by atoms with van der Waals surface area (Å²) in [6.45, 7) is 7.40. The van der Waals surface area contributed by atoms with Crippen molar-refractivity contribution in [3.63, 3.8) is 0 Å². The molecule has 0 saturated heterocycles. The minimum absolute atomic E-state index is 0.244. The van der Waals surface area contributed by atoms with E-state index in [1.807, 2.05) is 10.7 Å². The summed E-state index contributed by atoms with van der Waals surface area (Å²) in [4.78, 5) is 16.5. The fourth-order valence-corrected chi connectivity index (χ4v) is 3.47. The topological polar surface area (TPSA) is 81.1 Å². The Labute approximate surface area is 154 Å². The van der Waals surface area contributed by atoms with Crippen molar-refractivity contribution in [3.8, 4) is 0 Å². The number of nitrogens with one attached hydrogen (secondary N) is 2. The van der Waals surface area contributed by atoms with E-state index in [4.69, 9.17) is 4.74 Å². The molecule has 142 valence electrons. The number of aromatic nitrogens is 3. The normalized spacial score (nSPS) is 20.5. The van der Waals surface area contributed by atoms with Gasteiger partial charge in [-0.3, -0.25) is 0 Å². The second-order valence-electron chi connectivity index (χ2n) is 7.37. The van der Waals surface area contributed by atoms with E-state index in [9.17, 15) is 4.79 Å². The SMILES string of the molecule is CC1CCCCC1OCCNC(=O)Nc1cnc2c(cnn2C(C)C)c1. The number of hydrogen-bond donors (Lipinski definition) is 2. The van der Waals surface area contributed by atoms with Crippen molar-refractivity contribution in [1.29, 1.82) is 0 Å². The maximum absolute atomic E-state index is 12.1. The minimum atomic E-state index is -0.248. The highest BCUT2D eigenvalue weighted by Gasteiger charge is 2.21. The van der Waals surface area contributed by atoms with Crippen LogP contribution in [0.15, 0.2) is 18.5 Å². The Morgan fingerprint density at radius 2 is 2.15 bits per heavy atom. The molecule has 7 nitrogen and oxygen atoms in total. The van der Waals surface area contributed by atoms with E-state index in [1.165, 1.54) is 19.3 Å². The number of fused-ring (bicyclic) bond motifs is 1. The molecular formula is C19H29N5O2. The third-order valence-electron chi connectivity index (χ3n) is 4.93. The molecule has 1 fully saturated rings. The van der Waals surface area contributed by atoms with Gasteiger partial charge in [0.2, 0.25) is 0 Å². The van der Waals surface area contributed by atoms with E-state index in [0.717, 1.165) is 17.5 Å². The maximum atomic E-state index is 12.1. The van der Waals surface area contributed by atoms with Crippen LogP contribution >= 0.6 is 0 Å². The number of carbonyl (C=O) groups excluding carboxylic acids is 1. The fraction of sp³-hybridized carbons (Fsp3) is 0.632. The quantitative estimate of drug-likeness (QED) is 0.770. The molecule has 1 saturated carbocycles. The predicted molar refractivity (Wildman–Crippen MR) is 102 cm³/mol. The van der Waals surface area contributed by atoms with Crippen LogP contribution in [-0.4, -0.2) is 40.1 Å². The van der Waals surface area contributed by atoms with Crippen molar-refractivity contribution in [2.45, 2.75) is 58.6 Å². The van der Waals surface area contributed by atoms with Crippen molar-refractivity contribution >= 4 is 22.8 Å². The van der Waals surface area contributed by atoms with Gasteiger partial charge in [-0.25, -0.2) is 14.5 Å². The van der Waals surface area contributed by atoms with Gasteiger partial charge in [0, 0.05) is 18.0 Å². The van der Waals surface area contributed by atoms with Crippen molar-refractivity contribution < 1.29 is 9.53 Å². The van der Waals surface area contributed by atoms with Crippen LogP contribution in [0.2, 0.25) is 0 Å². The van der Waals surface area contributed by atoms with Gasteiger partial charge in [0.1, 0.15) is 0 Å². The van der Waals surface area contributed by atoms with Crippen LogP contribution < -0.4 is 10.6 Å². The van der Waals surface area contributed by atoms with Gasteiger partial charge >= 0.3 is 6.03 Å². The van der Waals surface area contributed by atoms with Crippen molar-refractivity contribution in [2.75, 3.05) is 18.5 Å². The van der Waals surface area contributed by atoms with Gasteiger partial charge in [-0.1, -0.05) is 19.8 Å². The molecule has 2 N–H and O–H groups in total. The molecule has 0 bridgehead atoms. The molecule has 0 spiro atoms. The fourth-order valence-electron chi connectivity index (χ4n) is 3.47. The summed E-state index contributed by atoms with van der Waals surface area (Å²) in [7, 11) is 0. The van der Waals surface area contributed by atoms with Gasteiger partial charge in [-0.2, -0.15) is 5.10 Å².